The van der Waals surface area contributed by atoms with E-state index >= 15 is 0 Å². The molecule has 5 heteroatoms. The zero-order valence-corrected chi connectivity index (χ0v) is 12.9. The highest BCUT2D eigenvalue weighted by atomic mass is 32.1. The van der Waals surface area contributed by atoms with Gasteiger partial charge in [0.25, 0.3) is 0 Å². The van der Waals surface area contributed by atoms with E-state index in [1.54, 1.807) is 0 Å². The van der Waals surface area contributed by atoms with Crippen molar-refractivity contribution in [2.45, 2.75) is 39.3 Å². The van der Waals surface area contributed by atoms with Crippen molar-refractivity contribution in [1.29, 1.82) is 0 Å². The van der Waals surface area contributed by atoms with Crippen molar-refractivity contribution in [3.05, 3.63) is 0 Å². The molecule has 0 aromatic rings. The number of hydrogen-bond donors (Lipinski definition) is 1. The van der Waals surface area contributed by atoms with Gasteiger partial charge in [0.2, 0.25) is 0 Å². The Hall–Kier alpha value is -0.390. The van der Waals surface area contributed by atoms with Gasteiger partial charge in [-0.1, -0.05) is 0 Å². The summed E-state index contributed by atoms with van der Waals surface area (Å²) in [5, 5.41) is 4.21. The second-order valence-electron chi connectivity index (χ2n) is 5.05. The first-order valence-electron chi connectivity index (χ1n) is 6.88. The van der Waals surface area contributed by atoms with Gasteiger partial charge < -0.3 is 15.0 Å². The van der Waals surface area contributed by atoms with Gasteiger partial charge in [0, 0.05) is 44.9 Å². The first-order chi connectivity index (χ1) is 8.56. The Morgan fingerprint density at radius 1 is 1.33 bits per heavy atom. The monoisotopic (exact) mass is 273 g/mol. The molecule has 1 aliphatic heterocycles. The molecule has 2 atom stereocenters. The summed E-state index contributed by atoms with van der Waals surface area (Å²) in [6.07, 6.45) is 1.01. The lowest BCUT2D eigenvalue weighted by Crippen LogP contribution is -2.58. The van der Waals surface area contributed by atoms with Gasteiger partial charge in [-0.15, -0.1) is 0 Å². The van der Waals surface area contributed by atoms with Crippen molar-refractivity contribution in [1.82, 2.24) is 15.1 Å². The van der Waals surface area contributed by atoms with Crippen LogP contribution in [-0.4, -0.2) is 66.9 Å². The number of ether oxygens (including phenoxy) is 1. The molecule has 1 saturated heterocycles. The van der Waals surface area contributed by atoms with Crippen LogP contribution in [0.5, 0.6) is 0 Å². The topological polar surface area (TPSA) is 27.7 Å². The number of piperazine rings is 1. The minimum absolute atomic E-state index is 0.553. The summed E-state index contributed by atoms with van der Waals surface area (Å²) >= 11 is 5.45. The van der Waals surface area contributed by atoms with E-state index in [9.17, 15) is 0 Å². The van der Waals surface area contributed by atoms with Crippen molar-refractivity contribution < 1.29 is 4.74 Å². The molecular weight excluding hydrogens is 246 g/mol. The normalized spacial score (nSPS) is 25.2. The predicted molar refractivity (Wildman–Crippen MR) is 80.0 cm³/mol. The molecule has 0 saturated carbocycles. The zero-order chi connectivity index (χ0) is 13.5. The summed E-state index contributed by atoms with van der Waals surface area (Å²) in [4.78, 5) is 4.69. The summed E-state index contributed by atoms with van der Waals surface area (Å²) in [5.74, 6) is 0. The lowest BCUT2D eigenvalue weighted by Gasteiger charge is -2.43. The van der Waals surface area contributed by atoms with Crippen LogP contribution < -0.4 is 5.32 Å². The highest BCUT2D eigenvalue weighted by molar-refractivity contribution is 7.80. The molecule has 4 nitrogen and oxygen atoms in total. The van der Waals surface area contributed by atoms with Gasteiger partial charge in [0.1, 0.15) is 0 Å². The summed E-state index contributed by atoms with van der Waals surface area (Å²) in [7, 11) is 2.19. The van der Waals surface area contributed by atoms with Crippen LogP contribution in [0.4, 0.5) is 0 Å². The molecule has 0 bridgehead atoms. The molecule has 1 heterocycles. The molecule has 2 unspecified atom stereocenters. The fourth-order valence-corrected chi connectivity index (χ4v) is 2.45. The largest absolute Gasteiger partial charge is 0.382 e. The van der Waals surface area contributed by atoms with Gasteiger partial charge in [-0.3, -0.25) is 4.90 Å². The third-order valence-electron chi connectivity index (χ3n) is 3.59. The summed E-state index contributed by atoms with van der Waals surface area (Å²) in [6, 6.07) is 1.11. The first-order valence-corrected chi connectivity index (χ1v) is 7.29. The second-order valence-corrected chi connectivity index (χ2v) is 5.44. The van der Waals surface area contributed by atoms with Crippen molar-refractivity contribution in [3.63, 3.8) is 0 Å². The van der Waals surface area contributed by atoms with E-state index in [0.717, 1.165) is 44.4 Å². The third kappa shape index (κ3) is 4.71. The number of likely N-dealkylation sites (N-methyl/N-ethyl adjacent to an activating group) is 1. The molecule has 1 fully saturated rings. The molecule has 0 aromatic heterocycles. The first kappa shape index (κ1) is 15.7. The maximum absolute atomic E-state index is 5.45. The maximum atomic E-state index is 5.45. The Morgan fingerprint density at radius 3 is 2.50 bits per heavy atom. The van der Waals surface area contributed by atoms with Crippen LogP contribution in [0.3, 0.4) is 0 Å². The summed E-state index contributed by atoms with van der Waals surface area (Å²) in [6.45, 7) is 11.0. The van der Waals surface area contributed by atoms with Gasteiger partial charge in [-0.25, -0.2) is 0 Å². The number of hydrogen-bond acceptors (Lipinski definition) is 3. The van der Waals surface area contributed by atoms with Crippen molar-refractivity contribution in [3.8, 4) is 0 Å². The molecule has 0 aromatic carbocycles. The SMILES string of the molecule is CCOCCCNC(=S)N1CC(C)N(C)C(C)C1. The second kappa shape index (κ2) is 7.92. The fourth-order valence-electron chi connectivity index (χ4n) is 2.20. The van der Waals surface area contributed by atoms with E-state index in [4.69, 9.17) is 17.0 Å². The highest BCUT2D eigenvalue weighted by Gasteiger charge is 2.27. The van der Waals surface area contributed by atoms with E-state index in [1.807, 2.05) is 6.92 Å². The molecule has 1 rings (SSSR count). The van der Waals surface area contributed by atoms with Crippen LogP contribution in [0, 0.1) is 0 Å². The van der Waals surface area contributed by atoms with Gasteiger partial charge in [-0.05, 0) is 46.5 Å². The van der Waals surface area contributed by atoms with Crippen LogP contribution in [-0.2, 0) is 4.74 Å². The average molecular weight is 273 g/mol. The molecule has 0 radical (unpaired) electrons. The molecule has 106 valence electrons. The number of nitrogens with one attached hydrogen (secondary N) is 1. The highest BCUT2D eigenvalue weighted by Crippen LogP contribution is 2.13. The molecular formula is C13H27N3OS. The van der Waals surface area contributed by atoms with E-state index in [-0.39, 0.29) is 0 Å². The van der Waals surface area contributed by atoms with E-state index in [0.29, 0.717) is 12.1 Å². The standard InChI is InChI=1S/C13H27N3OS/c1-5-17-8-6-7-14-13(18)16-9-11(2)15(4)12(3)10-16/h11-12H,5-10H2,1-4H3,(H,14,18). The maximum Gasteiger partial charge on any atom is 0.169 e. The molecule has 1 N–H and O–H groups in total. The van der Waals surface area contributed by atoms with Crippen molar-refractivity contribution >= 4 is 17.3 Å². The lowest BCUT2D eigenvalue weighted by molar-refractivity contribution is 0.0980. The molecule has 0 aliphatic carbocycles. The summed E-state index contributed by atoms with van der Waals surface area (Å²) in [5.41, 5.74) is 0. The molecule has 0 amide bonds. The van der Waals surface area contributed by atoms with Crippen LogP contribution in [0.2, 0.25) is 0 Å². The van der Waals surface area contributed by atoms with Gasteiger partial charge >= 0.3 is 0 Å². The Kier molecular flexibility index (Phi) is 6.89. The third-order valence-corrected chi connectivity index (χ3v) is 4.00. The van der Waals surface area contributed by atoms with Crippen LogP contribution >= 0.6 is 12.2 Å². The van der Waals surface area contributed by atoms with Gasteiger partial charge in [-0.2, -0.15) is 0 Å². The minimum atomic E-state index is 0.553. The Balaban J connectivity index is 2.25. The van der Waals surface area contributed by atoms with E-state index in [1.165, 1.54) is 0 Å². The van der Waals surface area contributed by atoms with Crippen molar-refractivity contribution in [2.75, 3.05) is 39.9 Å². The summed E-state index contributed by atoms with van der Waals surface area (Å²) < 4.78 is 5.31. The van der Waals surface area contributed by atoms with Crippen LogP contribution in [0.25, 0.3) is 0 Å². The zero-order valence-electron chi connectivity index (χ0n) is 12.1. The fraction of sp³-hybridized carbons (Fsp3) is 0.923. The predicted octanol–water partition coefficient (Wildman–Crippen LogP) is 1.31. The average Bonchev–Trinajstić information content (AvgIpc) is 2.34. The quantitative estimate of drug-likeness (QED) is 0.602. The number of nitrogens with zero attached hydrogens (tertiary/aromatic N) is 2. The van der Waals surface area contributed by atoms with Crippen LogP contribution in [0.15, 0.2) is 0 Å². The number of thiocarbonyl (C=S) groups is 1. The molecule has 18 heavy (non-hydrogen) atoms. The minimum Gasteiger partial charge on any atom is -0.382 e. The molecule has 1 aliphatic rings. The van der Waals surface area contributed by atoms with Gasteiger partial charge in [0.15, 0.2) is 5.11 Å². The van der Waals surface area contributed by atoms with Crippen LogP contribution in [0.1, 0.15) is 27.2 Å². The smallest absolute Gasteiger partial charge is 0.169 e. The lowest BCUT2D eigenvalue weighted by atomic mass is 10.1. The van der Waals surface area contributed by atoms with E-state index in [2.05, 4.69) is 36.0 Å². The number of rotatable bonds is 5. The van der Waals surface area contributed by atoms with Crippen molar-refractivity contribution in [2.24, 2.45) is 0 Å². The Bertz CT molecular complexity index is 251. The Labute approximate surface area is 117 Å². The molecule has 0 spiro atoms. The van der Waals surface area contributed by atoms with E-state index < -0.39 is 0 Å². The van der Waals surface area contributed by atoms with Gasteiger partial charge in [0.05, 0.1) is 0 Å². The Morgan fingerprint density at radius 2 is 1.94 bits per heavy atom.